The first-order valence-corrected chi connectivity index (χ1v) is 6.67. The summed E-state index contributed by atoms with van der Waals surface area (Å²) in [5, 5.41) is 9.20. The van der Waals surface area contributed by atoms with Crippen LogP contribution in [0.3, 0.4) is 0 Å². The Bertz CT molecular complexity index is 516. The van der Waals surface area contributed by atoms with Gasteiger partial charge in [0.05, 0.1) is 24.0 Å². The Morgan fingerprint density at radius 3 is 2.74 bits per heavy atom. The first-order valence-electron chi connectivity index (χ1n) is 5.94. The van der Waals surface area contributed by atoms with E-state index in [0.29, 0.717) is 12.1 Å². The van der Waals surface area contributed by atoms with Gasteiger partial charge in [-0.15, -0.1) is 0 Å². The molecule has 6 heteroatoms. The number of hydrogen-bond acceptors (Lipinski definition) is 5. The molecular formula is C13H15N3O2S. The predicted molar refractivity (Wildman–Crippen MR) is 72.9 cm³/mol. The summed E-state index contributed by atoms with van der Waals surface area (Å²) in [5.74, 6) is -0.184. The lowest BCUT2D eigenvalue weighted by Gasteiger charge is -2.27. The molecule has 0 saturated carbocycles. The van der Waals surface area contributed by atoms with E-state index >= 15 is 0 Å². The number of carbonyl (C=O) groups is 1. The third-order valence-electron chi connectivity index (χ3n) is 2.96. The third-order valence-corrected chi connectivity index (χ3v) is 3.43. The molecule has 1 aromatic carbocycles. The zero-order valence-electron chi connectivity index (χ0n) is 10.6. The molecule has 0 aliphatic heterocycles. The molecule has 100 valence electrons. The molecular weight excluding hydrogens is 262 g/mol. The molecule has 2 rings (SSSR count). The minimum Gasteiger partial charge on any atom is -0.396 e. The van der Waals surface area contributed by atoms with Gasteiger partial charge < -0.3 is 10.0 Å². The molecule has 1 N–H and O–H groups in total. The van der Waals surface area contributed by atoms with E-state index in [4.69, 9.17) is 0 Å². The quantitative estimate of drug-likeness (QED) is 0.904. The lowest BCUT2D eigenvalue weighted by atomic mass is 10.0. The Morgan fingerprint density at radius 2 is 2.16 bits per heavy atom. The van der Waals surface area contributed by atoms with Crippen molar-refractivity contribution < 1.29 is 9.90 Å². The highest BCUT2D eigenvalue weighted by molar-refractivity contribution is 6.99. The van der Waals surface area contributed by atoms with Crippen LogP contribution in [0.15, 0.2) is 36.5 Å². The second-order valence-electron chi connectivity index (χ2n) is 4.15. The minimum atomic E-state index is -0.184. The van der Waals surface area contributed by atoms with Crippen LogP contribution in [0, 0.1) is 0 Å². The molecule has 0 aliphatic carbocycles. The van der Waals surface area contributed by atoms with Gasteiger partial charge in [-0.1, -0.05) is 30.3 Å². The van der Waals surface area contributed by atoms with Gasteiger partial charge in [0.15, 0.2) is 5.69 Å². The average molecular weight is 277 g/mol. The zero-order valence-corrected chi connectivity index (χ0v) is 11.4. The fourth-order valence-electron chi connectivity index (χ4n) is 1.96. The lowest BCUT2D eigenvalue weighted by Crippen LogP contribution is -2.32. The summed E-state index contributed by atoms with van der Waals surface area (Å²) < 4.78 is 7.79. The van der Waals surface area contributed by atoms with E-state index < -0.39 is 0 Å². The highest BCUT2D eigenvalue weighted by Gasteiger charge is 2.23. The molecule has 1 heterocycles. The number of hydrogen-bond donors (Lipinski definition) is 1. The van der Waals surface area contributed by atoms with Crippen LogP contribution < -0.4 is 0 Å². The molecule has 19 heavy (non-hydrogen) atoms. The van der Waals surface area contributed by atoms with Crippen molar-refractivity contribution in [2.24, 2.45) is 0 Å². The standard InChI is InChI=1S/C13H15N3O2S/c1-16(13(18)11-9-14-19-15-11)12(7-8-17)10-5-3-2-4-6-10/h2-6,9,12,17H,7-8H2,1H3. The van der Waals surface area contributed by atoms with Gasteiger partial charge in [0.25, 0.3) is 5.91 Å². The Balaban J connectivity index is 2.22. The topological polar surface area (TPSA) is 66.3 Å². The van der Waals surface area contributed by atoms with Crippen LogP contribution >= 0.6 is 11.7 Å². The second-order valence-corrected chi connectivity index (χ2v) is 4.70. The van der Waals surface area contributed by atoms with Gasteiger partial charge in [0.1, 0.15) is 0 Å². The van der Waals surface area contributed by atoms with Gasteiger partial charge >= 0.3 is 0 Å². The van der Waals surface area contributed by atoms with E-state index in [9.17, 15) is 9.90 Å². The molecule has 1 aromatic heterocycles. The smallest absolute Gasteiger partial charge is 0.275 e. The highest BCUT2D eigenvalue weighted by Crippen LogP contribution is 2.24. The van der Waals surface area contributed by atoms with E-state index in [1.807, 2.05) is 30.3 Å². The van der Waals surface area contributed by atoms with Crippen LogP contribution in [0.25, 0.3) is 0 Å². The molecule has 2 aromatic rings. The number of benzene rings is 1. The van der Waals surface area contributed by atoms with Gasteiger partial charge in [-0.2, -0.15) is 8.75 Å². The van der Waals surface area contributed by atoms with Gasteiger partial charge in [-0.05, 0) is 12.0 Å². The maximum atomic E-state index is 12.2. The zero-order chi connectivity index (χ0) is 13.7. The fourth-order valence-corrected chi connectivity index (χ4v) is 2.37. The molecule has 0 spiro atoms. The van der Waals surface area contributed by atoms with Crippen molar-refractivity contribution in [2.75, 3.05) is 13.7 Å². The number of aromatic nitrogens is 2. The maximum Gasteiger partial charge on any atom is 0.275 e. The molecule has 1 atom stereocenters. The van der Waals surface area contributed by atoms with Gasteiger partial charge in [0, 0.05) is 13.7 Å². The van der Waals surface area contributed by atoms with E-state index in [2.05, 4.69) is 8.75 Å². The summed E-state index contributed by atoms with van der Waals surface area (Å²) in [5.41, 5.74) is 1.34. The van der Waals surface area contributed by atoms with Crippen molar-refractivity contribution in [3.05, 3.63) is 47.8 Å². The van der Waals surface area contributed by atoms with E-state index in [1.54, 1.807) is 11.9 Å². The minimum absolute atomic E-state index is 0.0203. The molecule has 0 aliphatic rings. The summed E-state index contributed by atoms with van der Waals surface area (Å²) in [6, 6.07) is 9.49. The Hall–Kier alpha value is -1.79. The van der Waals surface area contributed by atoms with Gasteiger partial charge in [0.2, 0.25) is 0 Å². The highest BCUT2D eigenvalue weighted by atomic mass is 32.1. The van der Waals surface area contributed by atoms with Crippen molar-refractivity contribution in [1.29, 1.82) is 0 Å². The van der Waals surface area contributed by atoms with Crippen LogP contribution in [-0.2, 0) is 0 Å². The van der Waals surface area contributed by atoms with Crippen LogP contribution in [0.2, 0.25) is 0 Å². The maximum absolute atomic E-state index is 12.2. The van der Waals surface area contributed by atoms with Gasteiger partial charge in [-0.25, -0.2) is 0 Å². The number of nitrogens with zero attached hydrogens (tertiary/aromatic N) is 3. The Labute approximate surface area is 115 Å². The predicted octanol–water partition coefficient (Wildman–Crippen LogP) is 1.73. The number of carbonyl (C=O) groups excluding carboxylic acids is 1. The fraction of sp³-hybridized carbons (Fsp3) is 0.308. The van der Waals surface area contributed by atoms with E-state index in [-0.39, 0.29) is 18.6 Å². The molecule has 0 fully saturated rings. The molecule has 1 unspecified atom stereocenters. The molecule has 0 saturated heterocycles. The van der Waals surface area contributed by atoms with E-state index in [0.717, 1.165) is 17.3 Å². The first kappa shape index (κ1) is 13.6. The van der Waals surface area contributed by atoms with Gasteiger partial charge in [-0.3, -0.25) is 4.79 Å². The normalized spacial score (nSPS) is 12.1. The van der Waals surface area contributed by atoms with Crippen molar-refractivity contribution in [1.82, 2.24) is 13.6 Å². The SMILES string of the molecule is CN(C(=O)c1cnsn1)C(CCO)c1ccccc1. The van der Waals surface area contributed by atoms with Crippen molar-refractivity contribution >= 4 is 17.6 Å². The van der Waals surface area contributed by atoms with Crippen molar-refractivity contribution in [3.63, 3.8) is 0 Å². The molecule has 5 nitrogen and oxygen atoms in total. The number of aliphatic hydroxyl groups excluding tert-OH is 1. The number of amides is 1. The van der Waals surface area contributed by atoms with E-state index in [1.165, 1.54) is 6.20 Å². The Morgan fingerprint density at radius 1 is 1.42 bits per heavy atom. The molecule has 0 bridgehead atoms. The number of rotatable bonds is 5. The van der Waals surface area contributed by atoms with Crippen molar-refractivity contribution in [3.8, 4) is 0 Å². The second kappa shape index (κ2) is 6.40. The van der Waals surface area contributed by atoms with Crippen LogP contribution in [0.5, 0.6) is 0 Å². The summed E-state index contributed by atoms with van der Waals surface area (Å²) in [6.45, 7) is 0.0203. The summed E-state index contributed by atoms with van der Waals surface area (Å²) in [7, 11) is 1.72. The van der Waals surface area contributed by atoms with Crippen LogP contribution in [0.4, 0.5) is 0 Å². The summed E-state index contributed by atoms with van der Waals surface area (Å²) in [4.78, 5) is 13.8. The molecule has 1 amide bonds. The largest absolute Gasteiger partial charge is 0.396 e. The van der Waals surface area contributed by atoms with Crippen LogP contribution in [0.1, 0.15) is 28.5 Å². The monoisotopic (exact) mass is 277 g/mol. The third kappa shape index (κ3) is 3.15. The lowest BCUT2D eigenvalue weighted by molar-refractivity contribution is 0.0700. The molecule has 0 radical (unpaired) electrons. The average Bonchev–Trinajstić information content (AvgIpc) is 2.98. The first-order chi connectivity index (χ1) is 9.24. The van der Waals surface area contributed by atoms with Crippen molar-refractivity contribution in [2.45, 2.75) is 12.5 Å². The van der Waals surface area contributed by atoms with Crippen LogP contribution in [-0.4, -0.2) is 38.3 Å². The Kier molecular flexibility index (Phi) is 4.59. The number of aliphatic hydroxyl groups is 1. The summed E-state index contributed by atoms with van der Waals surface area (Å²) >= 11 is 1.01. The summed E-state index contributed by atoms with van der Waals surface area (Å²) in [6.07, 6.45) is 1.95.